The van der Waals surface area contributed by atoms with Crippen LogP contribution < -0.4 is 17.3 Å². The molecule has 1 N–H and O–H groups in total. The number of alkyl halides is 3. The van der Waals surface area contributed by atoms with Crippen LogP contribution in [-0.4, -0.2) is 45.9 Å². The Hall–Kier alpha value is -0.540. The smallest absolute Gasteiger partial charge is 0.417 e. The highest BCUT2D eigenvalue weighted by Gasteiger charge is 2.36. The van der Waals surface area contributed by atoms with Crippen LogP contribution in [0.1, 0.15) is 5.56 Å². The highest BCUT2D eigenvalue weighted by molar-refractivity contribution is 7.89. The van der Waals surface area contributed by atoms with Gasteiger partial charge in [0.2, 0.25) is 10.0 Å². The van der Waals surface area contributed by atoms with E-state index in [9.17, 15) is 21.6 Å². The zero-order chi connectivity index (χ0) is 15.8. The van der Waals surface area contributed by atoms with Gasteiger partial charge in [-0.15, -0.1) is 0 Å². The number of quaternary nitrogens is 1. The quantitative estimate of drug-likeness (QED) is 0.639. The molecular weight excluding hydrogens is 364 g/mol. The largest absolute Gasteiger partial charge is 1.00 e. The van der Waals surface area contributed by atoms with Gasteiger partial charge in [-0.3, -0.25) is 0 Å². The lowest BCUT2D eigenvalue weighted by Gasteiger charge is -2.29. The molecule has 0 unspecified atom stereocenters. The first-order valence-electron chi connectivity index (χ1n) is 6.30. The van der Waals surface area contributed by atoms with E-state index in [-0.39, 0.29) is 30.4 Å². The van der Waals surface area contributed by atoms with E-state index in [0.29, 0.717) is 19.2 Å². The van der Waals surface area contributed by atoms with Crippen LogP contribution in [0.4, 0.5) is 13.2 Å². The third-order valence-corrected chi connectivity index (χ3v) is 5.68. The average Bonchev–Trinajstić information content (AvgIpc) is 2.38. The number of halogens is 5. The summed E-state index contributed by atoms with van der Waals surface area (Å²) >= 11 is 5.50. The lowest BCUT2D eigenvalue weighted by Crippen LogP contribution is -3.12. The predicted molar refractivity (Wildman–Crippen MR) is 71.8 cm³/mol. The lowest BCUT2D eigenvalue weighted by molar-refractivity contribution is -0.883. The first kappa shape index (κ1) is 19.5. The Labute approximate surface area is 138 Å². The zero-order valence-corrected chi connectivity index (χ0v) is 14.0. The molecule has 0 radical (unpaired) electrons. The molecular formula is C12H15Cl2F3N2O2S. The van der Waals surface area contributed by atoms with Crippen LogP contribution in [0, 0.1) is 0 Å². The van der Waals surface area contributed by atoms with Gasteiger partial charge in [0, 0.05) is 0 Å². The fraction of sp³-hybridized carbons (Fsp3) is 0.500. The molecule has 10 heteroatoms. The fourth-order valence-electron chi connectivity index (χ4n) is 2.14. The summed E-state index contributed by atoms with van der Waals surface area (Å²) in [4.78, 5) is 0.812. The van der Waals surface area contributed by atoms with E-state index in [4.69, 9.17) is 11.6 Å². The van der Waals surface area contributed by atoms with Crippen molar-refractivity contribution < 1.29 is 38.9 Å². The molecule has 1 aromatic rings. The topological polar surface area (TPSA) is 41.8 Å². The minimum absolute atomic E-state index is 0. The van der Waals surface area contributed by atoms with E-state index in [1.54, 1.807) is 0 Å². The van der Waals surface area contributed by atoms with Crippen molar-refractivity contribution in [2.45, 2.75) is 11.1 Å². The van der Waals surface area contributed by atoms with E-state index in [1.165, 1.54) is 9.21 Å². The van der Waals surface area contributed by atoms with Crippen molar-refractivity contribution in [3.05, 3.63) is 28.8 Å². The number of nitrogens with zero attached hydrogens (tertiary/aromatic N) is 1. The molecule has 0 bridgehead atoms. The van der Waals surface area contributed by atoms with Crippen molar-refractivity contribution in [3.8, 4) is 0 Å². The lowest BCUT2D eigenvalue weighted by atomic mass is 10.2. The molecule has 2 rings (SSSR count). The second-order valence-corrected chi connectivity index (χ2v) is 7.35. The molecule has 1 heterocycles. The molecule has 1 aliphatic rings. The fourth-order valence-corrected chi connectivity index (χ4v) is 3.83. The maximum absolute atomic E-state index is 12.8. The SMILES string of the molecule is C[NH+]1CCN(S(=O)(=O)c2ccc(Cl)c(C(F)(F)F)c2)CC1.[Cl-]. The van der Waals surface area contributed by atoms with Crippen molar-refractivity contribution in [2.75, 3.05) is 33.2 Å². The molecule has 1 saturated heterocycles. The van der Waals surface area contributed by atoms with Crippen molar-refractivity contribution in [1.29, 1.82) is 0 Å². The Morgan fingerprint density at radius 2 is 1.77 bits per heavy atom. The van der Waals surface area contributed by atoms with Crippen LogP contribution in [-0.2, 0) is 16.2 Å². The minimum atomic E-state index is -4.69. The third-order valence-electron chi connectivity index (χ3n) is 3.46. The van der Waals surface area contributed by atoms with Crippen LogP contribution in [0.2, 0.25) is 5.02 Å². The van der Waals surface area contributed by atoms with E-state index >= 15 is 0 Å². The number of piperazine rings is 1. The Kier molecular flexibility index (Phi) is 6.14. The zero-order valence-electron chi connectivity index (χ0n) is 11.6. The molecule has 0 aliphatic carbocycles. The number of rotatable bonds is 2. The summed E-state index contributed by atoms with van der Waals surface area (Å²) in [5.74, 6) is 0. The normalized spacial score (nSPS) is 18.0. The van der Waals surface area contributed by atoms with Gasteiger partial charge in [-0.05, 0) is 18.2 Å². The van der Waals surface area contributed by atoms with Crippen LogP contribution >= 0.6 is 11.6 Å². The molecule has 4 nitrogen and oxygen atoms in total. The van der Waals surface area contributed by atoms with Gasteiger partial charge in [-0.2, -0.15) is 17.5 Å². The van der Waals surface area contributed by atoms with Crippen LogP contribution in [0.3, 0.4) is 0 Å². The average molecular weight is 379 g/mol. The Bertz CT molecular complexity index is 630. The van der Waals surface area contributed by atoms with E-state index in [2.05, 4.69) is 0 Å². The molecule has 1 aliphatic heterocycles. The summed E-state index contributed by atoms with van der Waals surface area (Å²) in [6.45, 7) is 1.83. The minimum Gasteiger partial charge on any atom is -1.00 e. The van der Waals surface area contributed by atoms with Crippen molar-refractivity contribution in [3.63, 3.8) is 0 Å². The molecule has 0 aromatic heterocycles. The standard InChI is InChI=1S/C12H14ClF3N2O2S.ClH/c1-17-4-6-18(7-5-17)21(19,20)9-2-3-11(13)10(8-9)12(14,15)16;/h2-3,8H,4-7H2,1H3;1H. The number of nitrogens with one attached hydrogen (secondary N) is 1. The Balaban J connectivity index is 0.00000242. The van der Waals surface area contributed by atoms with Gasteiger partial charge in [0.15, 0.2) is 0 Å². The third kappa shape index (κ3) is 4.05. The predicted octanol–water partition coefficient (Wildman–Crippen LogP) is -2.12. The molecule has 1 aromatic carbocycles. The van der Waals surface area contributed by atoms with Crippen molar-refractivity contribution >= 4 is 21.6 Å². The summed E-state index contributed by atoms with van der Waals surface area (Å²) in [5.41, 5.74) is -1.13. The molecule has 0 spiro atoms. The van der Waals surface area contributed by atoms with Gasteiger partial charge in [0.1, 0.15) is 0 Å². The van der Waals surface area contributed by atoms with Crippen LogP contribution in [0.15, 0.2) is 23.1 Å². The molecule has 0 amide bonds. The van der Waals surface area contributed by atoms with Crippen LogP contribution in [0.25, 0.3) is 0 Å². The highest BCUT2D eigenvalue weighted by Crippen LogP contribution is 2.36. The van der Waals surface area contributed by atoms with Crippen LogP contribution in [0.5, 0.6) is 0 Å². The number of likely N-dealkylation sites (N-methyl/N-ethyl adjacent to an activating group) is 1. The first-order chi connectivity index (χ1) is 9.62. The van der Waals surface area contributed by atoms with Gasteiger partial charge < -0.3 is 17.3 Å². The van der Waals surface area contributed by atoms with E-state index < -0.39 is 26.8 Å². The molecule has 0 atom stereocenters. The summed E-state index contributed by atoms with van der Waals surface area (Å²) in [7, 11) is -1.99. The number of hydrogen-bond acceptors (Lipinski definition) is 2. The summed E-state index contributed by atoms with van der Waals surface area (Å²) < 4.78 is 64.4. The monoisotopic (exact) mass is 378 g/mol. The van der Waals surface area contributed by atoms with Crippen molar-refractivity contribution in [2.24, 2.45) is 0 Å². The summed E-state index contributed by atoms with van der Waals surface area (Å²) in [6, 6.07) is 2.68. The molecule has 1 fully saturated rings. The van der Waals surface area contributed by atoms with Gasteiger partial charge in [-0.25, -0.2) is 8.42 Å². The van der Waals surface area contributed by atoms with E-state index in [1.807, 2.05) is 7.05 Å². The van der Waals surface area contributed by atoms with Gasteiger partial charge >= 0.3 is 6.18 Å². The number of sulfonamides is 1. The number of hydrogen-bond donors (Lipinski definition) is 1. The van der Waals surface area contributed by atoms with Gasteiger partial charge in [-0.1, -0.05) is 11.6 Å². The maximum atomic E-state index is 12.8. The first-order valence-corrected chi connectivity index (χ1v) is 8.12. The highest BCUT2D eigenvalue weighted by atomic mass is 35.5. The Morgan fingerprint density at radius 3 is 2.27 bits per heavy atom. The van der Waals surface area contributed by atoms with Crippen molar-refractivity contribution in [1.82, 2.24) is 4.31 Å². The van der Waals surface area contributed by atoms with Gasteiger partial charge in [0.25, 0.3) is 0 Å². The summed E-state index contributed by atoms with van der Waals surface area (Å²) in [5, 5.41) is -0.510. The second-order valence-electron chi connectivity index (χ2n) is 5.00. The van der Waals surface area contributed by atoms with E-state index in [0.717, 1.165) is 12.1 Å². The Morgan fingerprint density at radius 1 is 1.23 bits per heavy atom. The molecule has 0 saturated carbocycles. The van der Waals surface area contributed by atoms with Gasteiger partial charge in [0.05, 0.1) is 48.7 Å². The maximum Gasteiger partial charge on any atom is 0.417 e. The number of benzene rings is 1. The summed E-state index contributed by atoms with van der Waals surface area (Å²) in [6.07, 6.45) is -4.69. The molecule has 126 valence electrons. The second kappa shape index (κ2) is 6.92. The molecule has 22 heavy (non-hydrogen) atoms.